The van der Waals surface area contributed by atoms with Crippen LogP contribution in [-0.2, 0) is 19.2 Å². The summed E-state index contributed by atoms with van der Waals surface area (Å²) >= 11 is 3.72. The molecule has 11 nitrogen and oxygen atoms in total. The highest BCUT2D eigenvalue weighted by Crippen LogP contribution is 1.79. The van der Waals surface area contributed by atoms with Crippen molar-refractivity contribution in [2.45, 2.75) is 6.42 Å². The van der Waals surface area contributed by atoms with E-state index in [2.05, 4.69) is 43.9 Å². The lowest BCUT2D eigenvalue weighted by Gasteiger charge is -2.08. The third kappa shape index (κ3) is 13.0. The Kier molecular flexibility index (Phi) is 11.8. The lowest BCUT2D eigenvalue weighted by atomic mass is 10.4. The fourth-order valence-electron chi connectivity index (χ4n) is 1.20. The molecule has 0 saturated carbocycles. The molecule has 0 aliphatic rings. The zero-order valence-electron chi connectivity index (χ0n) is 12.4. The van der Waals surface area contributed by atoms with E-state index >= 15 is 0 Å². The molecule has 0 radical (unpaired) electrons. The van der Waals surface area contributed by atoms with Gasteiger partial charge in [-0.15, -0.1) is 0 Å². The van der Waals surface area contributed by atoms with Gasteiger partial charge in [0.05, 0.1) is 25.4 Å². The second-order valence-corrected chi connectivity index (χ2v) is 4.46. The highest BCUT2D eigenvalue weighted by molar-refractivity contribution is 7.81. The molecule has 0 saturated heterocycles. The second kappa shape index (κ2) is 13.2. The Bertz CT molecular complexity index is 479. The average Bonchev–Trinajstić information content (AvgIpc) is 2.55. The fourth-order valence-corrected chi connectivity index (χ4v) is 1.31. The normalized spacial score (nSPS) is 9.26. The monoisotopic (exact) mass is 345 g/mol. The average molecular weight is 345 g/mol. The summed E-state index contributed by atoms with van der Waals surface area (Å²) in [5, 5.41) is 12.7. The second-order valence-electron chi connectivity index (χ2n) is 4.15. The van der Waals surface area contributed by atoms with Crippen LogP contribution in [0.4, 0.5) is 0 Å². The molecule has 0 heterocycles. The van der Waals surface area contributed by atoms with E-state index in [4.69, 9.17) is 5.53 Å². The number of rotatable bonds is 11. The minimum Gasteiger partial charge on any atom is -0.355 e. The van der Waals surface area contributed by atoms with E-state index in [0.29, 0.717) is 13.0 Å². The van der Waals surface area contributed by atoms with Crippen molar-refractivity contribution in [3.8, 4) is 0 Å². The first-order valence-corrected chi connectivity index (χ1v) is 7.31. The molecule has 0 aromatic carbocycles. The van der Waals surface area contributed by atoms with Gasteiger partial charge in [0.1, 0.15) is 0 Å². The Labute approximate surface area is 138 Å². The van der Waals surface area contributed by atoms with Crippen LogP contribution in [0, 0.1) is 0 Å². The molecule has 4 amide bonds. The summed E-state index contributed by atoms with van der Waals surface area (Å²) in [5.74, 6) is -1.90. The van der Waals surface area contributed by atoms with Crippen molar-refractivity contribution in [1.82, 2.24) is 21.3 Å². The number of carbonyl (C=O) groups excluding carboxylic acids is 4. The standard InChI is InChI=1S/C11H19N7O4S/c12-18-17-3-1-2-13-8(19)4-14-9(20)5-15-10(21)6-16-11(22)7-23/h23H,1-7H2,(H,13,19)(H,14,20)(H,15,21)(H,16,22). The van der Waals surface area contributed by atoms with Crippen LogP contribution in [0.1, 0.15) is 6.42 Å². The van der Waals surface area contributed by atoms with Gasteiger partial charge in [0.15, 0.2) is 0 Å². The zero-order valence-corrected chi connectivity index (χ0v) is 13.3. The molecule has 0 rings (SSSR count). The Balaban J connectivity index is 3.69. The molecule has 128 valence electrons. The van der Waals surface area contributed by atoms with Crippen LogP contribution in [0.15, 0.2) is 5.11 Å². The van der Waals surface area contributed by atoms with Gasteiger partial charge in [0.2, 0.25) is 23.6 Å². The minimum atomic E-state index is -0.539. The maximum absolute atomic E-state index is 11.4. The molecule has 0 fully saturated rings. The van der Waals surface area contributed by atoms with E-state index in [1.54, 1.807) is 0 Å². The summed E-state index contributed by atoms with van der Waals surface area (Å²) in [6, 6.07) is 0. The molecular weight excluding hydrogens is 326 g/mol. The van der Waals surface area contributed by atoms with Crippen molar-refractivity contribution >= 4 is 36.3 Å². The maximum Gasteiger partial charge on any atom is 0.239 e. The fraction of sp³-hybridized carbons (Fsp3) is 0.636. The molecule has 4 N–H and O–H groups in total. The lowest BCUT2D eigenvalue weighted by Crippen LogP contribution is -2.44. The van der Waals surface area contributed by atoms with Crippen LogP contribution >= 0.6 is 12.6 Å². The van der Waals surface area contributed by atoms with Gasteiger partial charge in [-0.3, -0.25) is 19.2 Å². The Morgan fingerprint density at radius 3 is 1.83 bits per heavy atom. The van der Waals surface area contributed by atoms with Crippen molar-refractivity contribution in [2.24, 2.45) is 5.11 Å². The number of amides is 4. The van der Waals surface area contributed by atoms with Gasteiger partial charge in [0, 0.05) is 18.0 Å². The Morgan fingerprint density at radius 2 is 1.35 bits per heavy atom. The van der Waals surface area contributed by atoms with Gasteiger partial charge in [0.25, 0.3) is 0 Å². The summed E-state index contributed by atoms with van der Waals surface area (Å²) in [4.78, 5) is 47.5. The van der Waals surface area contributed by atoms with E-state index in [-0.39, 0.29) is 31.9 Å². The predicted octanol–water partition coefficient (Wildman–Crippen LogP) is -1.92. The van der Waals surface area contributed by atoms with Gasteiger partial charge in [-0.05, 0) is 12.0 Å². The molecule has 0 bridgehead atoms. The van der Waals surface area contributed by atoms with Gasteiger partial charge < -0.3 is 21.3 Å². The number of carbonyl (C=O) groups is 4. The SMILES string of the molecule is [N-]=[N+]=NCCCNC(=O)CNC(=O)CNC(=O)CNC(=O)CS. The van der Waals surface area contributed by atoms with Gasteiger partial charge >= 0.3 is 0 Å². The summed E-state index contributed by atoms with van der Waals surface area (Å²) in [6.07, 6.45) is 0.498. The molecule has 0 aromatic rings. The topological polar surface area (TPSA) is 165 Å². The number of hydrogen-bond donors (Lipinski definition) is 5. The number of hydrogen-bond acceptors (Lipinski definition) is 6. The predicted molar refractivity (Wildman–Crippen MR) is 84.5 cm³/mol. The maximum atomic E-state index is 11.4. The molecule has 0 atom stereocenters. The molecule has 0 aliphatic carbocycles. The number of nitrogens with zero attached hydrogens (tertiary/aromatic N) is 3. The summed E-state index contributed by atoms with van der Waals surface area (Å²) < 4.78 is 0. The molecule has 0 aromatic heterocycles. The van der Waals surface area contributed by atoms with E-state index in [1.165, 1.54) is 0 Å². The first-order valence-electron chi connectivity index (χ1n) is 6.68. The Hall–Kier alpha value is -2.46. The smallest absolute Gasteiger partial charge is 0.239 e. The first-order chi connectivity index (χ1) is 11.0. The molecule has 0 spiro atoms. The third-order valence-corrected chi connectivity index (χ3v) is 2.59. The number of thiol groups is 1. The van der Waals surface area contributed by atoms with Gasteiger partial charge in [-0.1, -0.05) is 5.11 Å². The third-order valence-electron chi connectivity index (χ3n) is 2.30. The Morgan fingerprint density at radius 1 is 0.870 bits per heavy atom. The summed E-state index contributed by atoms with van der Waals surface area (Å²) in [5.41, 5.74) is 8.05. The molecule has 0 unspecified atom stereocenters. The molecule has 23 heavy (non-hydrogen) atoms. The largest absolute Gasteiger partial charge is 0.355 e. The van der Waals surface area contributed by atoms with Crippen molar-refractivity contribution in [3.05, 3.63) is 10.4 Å². The number of azide groups is 1. The quantitative estimate of drug-likeness (QED) is 0.0969. The van der Waals surface area contributed by atoms with E-state index in [0.717, 1.165) is 0 Å². The summed E-state index contributed by atoms with van der Waals surface area (Å²) in [7, 11) is 0. The molecule has 12 heteroatoms. The van der Waals surface area contributed by atoms with Crippen molar-refractivity contribution in [2.75, 3.05) is 38.5 Å². The van der Waals surface area contributed by atoms with Crippen LogP contribution in [-0.4, -0.2) is 62.1 Å². The first kappa shape index (κ1) is 20.5. The van der Waals surface area contributed by atoms with Crippen LogP contribution in [0.2, 0.25) is 0 Å². The zero-order chi connectivity index (χ0) is 17.5. The summed E-state index contributed by atoms with van der Waals surface area (Å²) in [6.45, 7) is -0.182. The van der Waals surface area contributed by atoms with Gasteiger partial charge in [-0.2, -0.15) is 12.6 Å². The van der Waals surface area contributed by atoms with Crippen molar-refractivity contribution in [3.63, 3.8) is 0 Å². The van der Waals surface area contributed by atoms with Crippen LogP contribution in [0.25, 0.3) is 10.4 Å². The van der Waals surface area contributed by atoms with Gasteiger partial charge in [-0.25, -0.2) is 0 Å². The van der Waals surface area contributed by atoms with E-state index in [9.17, 15) is 19.2 Å². The van der Waals surface area contributed by atoms with E-state index in [1.807, 2.05) is 0 Å². The van der Waals surface area contributed by atoms with Crippen LogP contribution in [0.5, 0.6) is 0 Å². The van der Waals surface area contributed by atoms with E-state index < -0.39 is 23.6 Å². The lowest BCUT2D eigenvalue weighted by molar-refractivity contribution is -0.128. The van der Waals surface area contributed by atoms with Crippen molar-refractivity contribution in [1.29, 1.82) is 0 Å². The highest BCUT2D eigenvalue weighted by Gasteiger charge is 2.08. The van der Waals surface area contributed by atoms with Crippen molar-refractivity contribution < 1.29 is 19.2 Å². The molecular formula is C11H19N7O4S. The minimum absolute atomic E-state index is 0.0360. The highest BCUT2D eigenvalue weighted by atomic mass is 32.1. The molecule has 0 aliphatic heterocycles. The van der Waals surface area contributed by atoms with Crippen LogP contribution < -0.4 is 21.3 Å². The van der Waals surface area contributed by atoms with Crippen LogP contribution in [0.3, 0.4) is 0 Å². The number of nitrogens with one attached hydrogen (secondary N) is 4.